The maximum atomic E-state index is 14.8. The van der Waals surface area contributed by atoms with Crippen LogP contribution in [-0.4, -0.2) is 0 Å². The van der Waals surface area contributed by atoms with Crippen molar-refractivity contribution in [1.29, 1.82) is 0 Å². The lowest BCUT2D eigenvalue weighted by atomic mass is 10.0. The molecule has 0 amide bonds. The van der Waals surface area contributed by atoms with Crippen LogP contribution >= 0.6 is 11.6 Å². The van der Waals surface area contributed by atoms with Crippen molar-refractivity contribution in [3.8, 4) is 0 Å². The minimum absolute atomic E-state index is 0.204. The summed E-state index contributed by atoms with van der Waals surface area (Å²) < 4.78 is 14.8. The van der Waals surface area contributed by atoms with Crippen LogP contribution in [0.4, 0.5) is 4.39 Å². The highest BCUT2D eigenvalue weighted by Gasteiger charge is 2.10. The molecule has 0 spiro atoms. The maximum Gasteiger partial charge on any atom is 0.130 e. The Morgan fingerprint density at radius 2 is 1.71 bits per heavy atom. The van der Waals surface area contributed by atoms with Crippen LogP contribution in [0.25, 0.3) is 11.3 Å². The first-order valence-electron chi connectivity index (χ1n) is 12.5. The lowest BCUT2D eigenvalue weighted by molar-refractivity contribution is 0.617. The van der Waals surface area contributed by atoms with E-state index >= 15 is 0 Å². The highest BCUT2D eigenvalue weighted by atomic mass is 35.5. The van der Waals surface area contributed by atoms with Crippen molar-refractivity contribution in [2.75, 3.05) is 0 Å². The molecule has 0 aliphatic heterocycles. The zero-order valence-electron chi connectivity index (χ0n) is 21.7. The van der Waals surface area contributed by atoms with Crippen molar-refractivity contribution < 1.29 is 4.39 Å². The summed E-state index contributed by atoms with van der Waals surface area (Å²) in [6, 6.07) is 11.4. The van der Waals surface area contributed by atoms with E-state index in [1.54, 1.807) is 6.07 Å². The van der Waals surface area contributed by atoms with Gasteiger partial charge in [-0.15, -0.1) is 0 Å². The molecule has 0 radical (unpaired) electrons. The van der Waals surface area contributed by atoms with Crippen molar-refractivity contribution in [3.05, 3.63) is 107 Å². The van der Waals surface area contributed by atoms with Gasteiger partial charge in [0.1, 0.15) is 5.82 Å². The van der Waals surface area contributed by atoms with Crippen LogP contribution in [0, 0.1) is 11.7 Å². The Bertz CT molecular complexity index is 1080. The largest absolute Gasteiger partial charge is 0.385 e. The second-order valence-corrected chi connectivity index (χ2v) is 9.84. The molecule has 0 heterocycles. The maximum absolute atomic E-state index is 14.8. The average molecular weight is 495 g/mol. The van der Waals surface area contributed by atoms with Gasteiger partial charge >= 0.3 is 0 Å². The number of hydrogen-bond donors (Lipinski definition) is 2. The summed E-state index contributed by atoms with van der Waals surface area (Å²) in [5.41, 5.74) is 6.52. The van der Waals surface area contributed by atoms with E-state index in [0.717, 1.165) is 40.8 Å². The third kappa shape index (κ3) is 9.07. The molecule has 2 aromatic rings. The minimum atomic E-state index is -0.204. The summed E-state index contributed by atoms with van der Waals surface area (Å²) in [5.74, 6) is 0.160. The summed E-state index contributed by atoms with van der Waals surface area (Å²) in [5, 5.41) is 7.15. The minimum Gasteiger partial charge on any atom is -0.385 e. The second kappa shape index (κ2) is 13.9. The van der Waals surface area contributed by atoms with Gasteiger partial charge in [0.15, 0.2) is 0 Å². The molecule has 0 bridgehead atoms. The number of benzene rings is 2. The van der Waals surface area contributed by atoms with Crippen molar-refractivity contribution in [2.24, 2.45) is 5.92 Å². The summed E-state index contributed by atoms with van der Waals surface area (Å²) in [6.07, 6.45) is 7.45. The number of aryl methyl sites for hydroxylation is 1. The number of nitrogens with one attached hydrogen (secondary N) is 2. The van der Waals surface area contributed by atoms with E-state index in [0.29, 0.717) is 34.4 Å². The molecule has 0 fully saturated rings. The van der Waals surface area contributed by atoms with Crippen molar-refractivity contribution in [1.82, 2.24) is 10.6 Å². The highest BCUT2D eigenvalue weighted by molar-refractivity contribution is 6.32. The van der Waals surface area contributed by atoms with Crippen molar-refractivity contribution >= 4 is 22.9 Å². The third-order valence-electron chi connectivity index (χ3n) is 6.05. The van der Waals surface area contributed by atoms with Gasteiger partial charge in [0.2, 0.25) is 0 Å². The molecule has 188 valence electrons. The quantitative estimate of drug-likeness (QED) is 0.202. The lowest BCUT2D eigenvalue weighted by Gasteiger charge is -2.16. The Morgan fingerprint density at radius 1 is 1.00 bits per heavy atom. The van der Waals surface area contributed by atoms with E-state index in [-0.39, 0.29) is 5.82 Å². The first kappa shape index (κ1) is 28.5. The Hall–Kier alpha value is -2.78. The number of hydrogen-bond acceptors (Lipinski definition) is 2. The van der Waals surface area contributed by atoms with Gasteiger partial charge in [-0.2, -0.15) is 0 Å². The van der Waals surface area contributed by atoms with Gasteiger partial charge in [0.25, 0.3) is 0 Å². The monoisotopic (exact) mass is 494 g/mol. The summed E-state index contributed by atoms with van der Waals surface area (Å²) >= 11 is 6.45. The molecule has 0 unspecified atom stereocenters. The first-order chi connectivity index (χ1) is 16.6. The van der Waals surface area contributed by atoms with Crippen LogP contribution in [-0.2, 0) is 13.0 Å². The van der Waals surface area contributed by atoms with E-state index in [9.17, 15) is 4.39 Å². The van der Waals surface area contributed by atoms with Gasteiger partial charge in [0, 0.05) is 39.8 Å². The van der Waals surface area contributed by atoms with Crippen molar-refractivity contribution in [3.63, 3.8) is 0 Å². The van der Waals surface area contributed by atoms with Crippen LogP contribution in [0.1, 0.15) is 75.6 Å². The molecule has 0 atom stereocenters. The van der Waals surface area contributed by atoms with Crippen LogP contribution in [0.2, 0.25) is 5.02 Å². The number of allylic oxidation sites excluding steroid dienone is 3. The molecule has 35 heavy (non-hydrogen) atoms. The number of rotatable bonds is 14. The third-order valence-corrected chi connectivity index (χ3v) is 6.38. The molecule has 0 aliphatic carbocycles. The summed E-state index contributed by atoms with van der Waals surface area (Å²) in [4.78, 5) is 0. The smallest absolute Gasteiger partial charge is 0.130 e. The number of unbranched alkanes of at least 4 members (excludes halogenated alkanes) is 3. The average Bonchev–Trinajstić information content (AvgIpc) is 2.80. The fourth-order valence-corrected chi connectivity index (χ4v) is 3.99. The van der Waals surface area contributed by atoms with Gasteiger partial charge in [-0.05, 0) is 66.7 Å². The second-order valence-electron chi connectivity index (χ2n) is 9.43. The molecule has 0 aliphatic rings. The molecule has 2 N–H and O–H groups in total. The van der Waals surface area contributed by atoms with Crippen LogP contribution in [0.5, 0.6) is 0 Å². The van der Waals surface area contributed by atoms with Gasteiger partial charge in [-0.3, -0.25) is 0 Å². The predicted molar refractivity (Wildman–Crippen MR) is 151 cm³/mol. The fourth-order valence-electron chi connectivity index (χ4n) is 3.76. The van der Waals surface area contributed by atoms with Crippen molar-refractivity contribution in [2.45, 2.75) is 66.3 Å². The molecular weight excluding hydrogens is 455 g/mol. The van der Waals surface area contributed by atoms with Crippen LogP contribution in [0.15, 0.2) is 73.6 Å². The van der Waals surface area contributed by atoms with E-state index in [4.69, 9.17) is 11.6 Å². The standard InChI is InChI=1S/C31H40ClFN2/c1-8-9-10-11-12-26-13-15-28(31(33)19-26)22(4)17-23(5)35-25(7)29-18-27(14-16-30(29)32)20-34-24(6)21(2)3/h13-19,21,34-35H,5-12,20H2,1-4H3/b22-17+. The summed E-state index contributed by atoms with van der Waals surface area (Å²) in [7, 11) is 0. The molecule has 2 aromatic carbocycles. The van der Waals surface area contributed by atoms with E-state index < -0.39 is 0 Å². The molecule has 2 rings (SSSR count). The van der Waals surface area contributed by atoms with E-state index in [2.05, 4.69) is 51.1 Å². The zero-order valence-corrected chi connectivity index (χ0v) is 22.5. The molecule has 0 saturated heterocycles. The molecule has 4 heteroatoms. The van der Waals surface area contributed by atoms with Gasteiger partial charge in [-0.1, -0.05) is 89.6 Å². The van der Waals surface area contributed by atoms with E-state index in [1.807, 2.05) is 43.3 Å². The van der Waals surface area contributed by atoms with E-state index in [1.165, 1.54) is 19.3 Å². The van der Waals surface area contributed by atoms with Gasteiger partial charge < -0.3 is 10.6 Å². The van der Waals surface area contributed by atoms with Gasteiger partial charge in [0.05, 0.1) is 0 Å². The Labute approximate surface area is 216 Å². The summed E-state index contributed by atoms with van der Waals surface area (Å²) in [6.45, 7) is 21.2. The highest BCUT2D eigenvalue weighted by Crippen LogP contribution is 2.25. The fraction of sp³-hybridized carbons (Fsp3) is 0.355. The van der Waals surface area contributed by atoms with Gasteiger partial charge in [-0.25, -0.2) is 4.39 Å². The molecular formula is C31H40ClFN2. The normalized spacial score (nSPS) is 11.5. The topological polar surface area (TPSA) is 24.1 Å². The number of halogens is 2. The van der Waals surface area contributed by atoms with Crippen LogP contribution < -0.4 is 10.6 Å². The van der Waals surface area contributed by atoms with Crippen LogP contribution in [0.3, 0.4) is 0 Å². The zero-order chi connectivity index (χ0) is 26.0. The Balaban J connectivity index is 2.04. The first-order valence-corrected chi connectivity index (χ1v) is 12.8. The Morgan fingerprint density at radius 3 is 2.37 bits per heavy atom. The molecule has 0 aromatic heterocycles. The Kier molecular flexibility index (Phi) is 11.3. The predicted octanol–water partition coefficient (Wildman–Crippen LogP) is 9.04. The molecule has 0 saturated carbocycles. The lowest BCUT2D eigenvalue weighted by Crippen LogP contribution is -2.16. The molecule has 2 nitrogen and oxygen atoms in total. The SMILES string of the molecule is C=C(/C=C(\C)c1ccc(CCCCCC)cc1F)NC(=C)c1cc(CNC(=C)C(C)C)ccc1Cl.